The van der Waals surface area contributed by atoms with Crippen LogP contribution in [0.3, 0.4) is 0 Å². The highest BCUT2D eigenvalue weighted by Gasteiger charge is 2.20. The number of nitrogens with one attached hydrogen (secondary N) is 1. The van der Waals surface area contributed by atoms with Gasteiger partial charge < -0.3 is 20.3 Å². The smallest absolute Gasteiger partial charge is 0.305 e. The molecule has 444 valence electrons. The molecular weight excluding hydrogens is 923 g/mol. The summed E-state index contributed by atoms with van der Waals surface area (Å²) in [4.78, 5) is 24.5. The molecule has 0 spiro atoms. The molecule has 0 aliphatic carbocycles. The van der Waals surface area contributed by atoms with E-state index in [0.717, 1.165) is 44.9 Å². The third-order valence-corrected chi connectivity index (χ3v) is 16.0. The molecule has 0 aromatic carbocycles. The normalized spacial score (nSPS) is 12.6. The van der Waals surface area contributed by atoms with E-state index in [0.29, 0.717) is 25.9 Å². The van der Waals surface area contributed by atoms with Crippen LogP contribution in [-0.2, 0) is 14.3 Å². The van der Waals surface area contributed by atoms with E-state index in [9.17, 15) is 19.8 Å². The van der Waals surface area contributed by atoms with Gasteiger partial charge >= 0.3 is 5.97 Å². The number of aliphatic hydroxyl groups excluding tert-OH is 2. The number of hydrogen-bond acceptors (Lipinski definition) is 5. The Morgan fingerprint density at radius 2 is 0.627 bits per heavy atom. The molecule has 2 unspecified atom stereocenters. The molecule has 75 heavy (non-hydrogen) atoms. The minimum absolute atomic E-state index is 0.0102. The zero-order valence-electron chi connectivity index (χ0n) is 50.8. The number of aliphatic hydroxyl groups is 2. The van der Waals surface area contributed by atoms with Gasteiger partial charge in [0, 0.05) is 12.8 Å². The Morgan fingerprint density at radius 1 is 0.360 bits per heavy atom. The molecule has 0 saturated carbocycles. The fourth-order valence-electron chi connectivity index (χ4n) is 10.7. The first-order valence-corrected chi connectivity index (χ1v) is 34.1. The van der Waals surface area contributed by atoms with Crippen LogP contribution in [0, 0.1) is 0 Å². The maximum atomic E-state index is 12.5. The van der Waals surface area contributed by atoms with Gasteiger partial charge in [0.25, 0.3) is 0 Å². The number of rotatable bonds is 64. The van der Waals surface area contributed by atoms with Crippen LogP contribution in [0.4, 0.5) is 0 Å². The summed E-state index contributed by atoms with van der Waals surface area (Å²) >= 11 is 0. The van der Waals surface area contributed by atoms with Crippen molar-refractivity contribution >= 4 is 11.9 Å². The number of amides is 1. The predicted molar refractivity (Wildman–Crippen MR) is 329 cm³/mol. The van der Waals surface area contributed by atoms with Crippen molar-refractivity contribution in [2.45, 2.75) is 392 Å². The van der Waals surface area contributed by atoms with Gasteiger partial charge in [-0.3, -0.25) is 9.59 Å². The van der Waals surface area contributed by atoms with Crippen molar-refractivity contribution in [1.29, 1.82) is 0 Å². The van der Waals surface area contributed by atoms with Crippen molar-refractivity contribution in [2.75, 3.05) is 13.2 Å². The minimum atomic E-state index is -0.662. The lowest BCUT2D eigenvalue weighted by molar-refractivity contribution is -0.143. The van der Waals surface area contributed by atoms with Crippen LogP contribution in [-0.4, -0.2) is 47.4 Å². The van der Waals surface area contributed by atoms with Crippen LogP contribution < -0.4 is 5.32 Å². The van der Waals surface area contributed by atoms with Gasteiger partial charge in [-0.15, -0.1) is 0 Å². The van der Waals surface area contributed by atoms with E-state index < -0.39 is 12.1 Å². The van der Waals surface area contributed by atoms with E-state index in [1.807, 2.05) is 0 Å². The topological polar surface area (TPSA) is 95.9 Å². The Morgan fingerprint density at radius 3 is 0.947 bits per heavy atom. The van der Waals surface area contributed by atoms with Crippen molar-refractivity contribution in [3.8, 4) is 0 Å². The Hall–Kier alpha value is -1.66. The monoisotopic (exact) mass is 1060 g/mol. The first kappa shape index (κ1) is 73.3. The van der Waals surface area contributed by atoms with Crippen LogP contribution in [0.1, 0.15) is 380 Å². The van der Waals surface area contributed by atoms with Crippen LogP contribution >= 0.6 is 0 Å². The van der Waals surface area contributed by atoms with E-state index >= 15 is 0 Å². The third kappa shape index (κ3) is 61.4. The van der Waals surface area contributed by atoms with Crippen LogP contribution in [0.15, 0.2) is 24.3 Å². The summed E-state index contributed by atoms with van der Waals surface area (Å²) < 4.78 is 5.49. The summed E-state index contributed by atoms with van der Waals surface area (Å²) in [5, 5.41) is 23.2. The van der Waals surface area contributed by atoms with Gasteiger partial charge in [0.05, 0.1) is 25.4 Å². The number of esters is 1. The number of carbonyl (C=O) groups is 2. The zero-order chi connectivity index (χ0) is 54.3. The molecule has 0 aromatic rings. The average molecular weight is 1060 g/mol. The molecule has 0 heterocycles. The Balaban J connectivity index is 3.34. The molecule has 0 bridgehead atoms. The lowest BCUT2D eigenvalue weighted by atomic mass is 10.0. The van der Waals surface area contributed by atoms with Crippen LogP contribution in [0.25, 0.3) is 0 Å². The standard InChI is InChI=1S/C69H133NO5/c1-3-5-7-9-11-13-15-17-18-36-39-43-47-51-55-59-63-69(74)75-64-60-56-52-48-44-40-37-34-32-30-28-26-24-22-20-19-21-23-25-27-29-31-33-35-38-42-46-50-54-58-62-68(73)70-66(65-71)67(72)61-57-53-49-45-41-16-14-12-10-8-6-4-2/h18,20,22,36,66-67,71-72H,3-17,19,21,23-35,37-65H2,1-2H3,(H,70,73)/b22-20-,36-18-. The number of hydrogen-bond donors (Lipinski definition) is 3. The van der Waals surface area contributed by atoms with E-state index in [-0.39, 0.29) is 18.5 Å². The highest BCUT2D eigenvalue weighted by Crippen LogP contribution is 2.18. The molecule has 0 radical (unpaired) electrons. The van der Waals surface area contributed by atoms with Gasteiger partial charge in [0.1, 0.15) is 0 Å². The van der Waals surface area contributed by atoms with Crippen LogP contribution in [0.5, 0.6) is 0 Å². The SMILES string of the molecule is CCCCCCCCC/C=C\CCCCCCCC(=O)OCCCCCCCCCCCCCC/C=C\CCCCCCCCCCCCCCCCC(=O)NC(CO)C(O)CCCCCCCCCCCCCC. The average Bonchev–Trinajstić information content (AvgIpc) is 3.41. The van der Waals surface area contributed by atoms with E-state index in [1.165, 1.54) is 302 Å². The zero-order valence-corrected chi connectivity index (χ0v) is 50.8. The molecule has 0 rings (SSSR count). The second-order valence-corrected chi connectivity index (χ2v) is 23.5. The molecule has 0 aromatic heterocycles. The lowest BCUT2D eigenvalue weighted by Crippen LogP contribution is -2.45. The summed E-state index contributed by atoms with van der Waals surface area (Å²) in [5.74, 6) is -0.0221. The molecule has 0 aliphatic heterocycles. The number of carbonyl (C=O) groups excluding carboxylic acids is 2. The van der Waals surface area contributed by atoms with Gasteiger partial charge in [-0.25, -0.2) is 0 Å². The van der Waals surface area contributed by atoms with Gasteiger partial charge in [-0.1, -0.05) is 314 Å². The van der Waals surface area contributed by atoms with E-state index in [4.69, 9.17) is 4.74 Å². The fraction of sp³-hybridized carbons (Fsp3) is 0.913. The van der Waals surface area contributed by atoms with Gasteiger partial charge in [0.15, 0.2) is 0 Å². The maximum Gasteiger partial charge on any atom is 0.305 e. The van der Waals surface area contributed by atoms with Crippen molar-refractivity contribution < 1.29 is 24.5 Å². The summed E-state index contributed by atoms with van der Waals surface area (Å²) in [6, 6.07) is -0.539. The molecular formula is C69H133NO5. The highest BCUT2D eigenvalue weighted by atomic mass is 16.5. The largest absolute Gasteiger partial charge is 0.466 e. The first-order valence-electron chi connectivity index (χ1n) is 34.1. The molecule has 0 aliphatic rings. The van der Waals surface area contributed by atoms with Gasteiger partial charge in [-0.05, 0) is 77.0 Å². The van der Waals surface area contributed by atoms with Crippen molar-refractivity contribution in [3.05, 3.63) is 24.3 Å². The highest BCUT2D eigenvalue weighted by molar-refractivity contribution is 5.76. The van der Waals surface area contributed by atoms with Crippen molar-refractivity contribution in [3.63, 3.8) is 0 Å². The Bertz CT molecular complexity index is 1170. The number of unbranched alkanes of at least 4 members (excludes halogenated alkanes) is 49. The minimum Gasteiger partial charge on any atom is -0.466 e. The molecule has 6 nitrogen and oxygen atoms in total. The van der Waals surface area contributed by atoms with Crippen LogP contribution in [0.2, 0.25) is 0 Å². The maximum absolute atomic E-state index is 12.5. The van der Waals surface area contributed by atoms with E-state index in [2.05, 4.69) is 43.5 Å². The summed E-state index contributed by atoms with van der Waals surface area (Å²) in [7, 11) is 0. The molecule has 2 atom stereocenters. The van der Waals surface area contributed by atoms with Gasteiger partial charge in [-0.2, -0.15) is 0 Å². The summed E-state index contributed by atoms with van der Waals surface area (Å²) in [5.41, 5.74) is 0. The quantitative estimate of drug-likeness (QED) is 0.0320. The Kier molecular flexibility index (Phi) is 63.4. The second-order valence-electron chi connectivity index (χ2n) is 23.5. The first-order chi connectivity index (χ1) is 37.0. The third-order valence-electron chi connectivity index (χ3n) is 16.0. The summed E-state index contributed by atoms with van der Waals surface area (Å²) in [6.45, 7) is 4.97. The second kappa shape index (κ2) is 64.9. The Labute approximate surface area is 469 Å². The van der Waals surface area contributed by atoms with E-state index in [1.54, 1.807) is 0 Å². The summed E-state index contributed by atoms with van der Waals surface area (Å²) in [6.07, 6.45) is 80.8. The lowest BCUT2D eigenvalue weighted by Gasteiger charge is -2.22. The molecule has 3 N–H and O–H groups in total. The molecule has 0 saturated heterocycles. The molecule has 6 heteroatoms. The van der Waals surface area contributed by atoms with Gasteiger partial charge in [0.2, 0.25) is 5.91 Å². The van der Waals surface area contributed by atoms with Crippen molar-refractivity contribution in [2.24, 2.45) is 0 Å². The molecule has 1 amide bonds. The fourth-order valence-corrected chi connectivity index (χ4v) is 10.7. The van der Waals surface area contributed by atoms with Crippen molar-refractivity contribution in [1.82, 2.24) is 5.32 Å². The number of ether oxygens (including phenoxy) is 1. The molecule has 0 fully saturated rings. The predicted octanol–water partition coefficient (Wildman–Crippen LogP) is 21.8. The number of allylic oxidation sites excluding steroid dienone is 4.